The standard InChI is InChI=1S/C17H30N2S/c1-12(2)19-9-7-6-8-15(11-18-5)17(19)16-10-13(3)20-14(16)4/h10,12,15,17-18H,6-9,11H2,1-5H3. The average molecular weight is 295 g/mol. The highest BCUT2D eigenvalue weighted by molar-refractivity contribution is 7.12. The second-order valence-corrected chi connectivity index (χ2v) is 7.92. The highest BCUT2D eigenvalue weighted by Crippen LogP contribution is 2.40. The Morgan fingerprint density at radius 2 is 2.10 bits per heavy atom. The third-order valence-electron chi connectivity index (χ3n) is 4.57. The van der Waals surface area contributed by atoms with Crippen LogP contribution in [0.5, 0.6) is 0 Å². The van der Waals surface area contributed by atoms with Gasteiger partial charge in [0.25, 0.3) is 0 Å². The van der Waals surface area contributed by atoms with Crippen molar-refractivity contribution >= 4 is 11.3 Å². The van der Waals surface area contributed by atoms with Gasteiger partial charge in [0, 0.05) is 21.8 Å². The SMILES string of the molecule is CNCC1CCCCN(C(C)C)C1c1cc(C)sc1C. The minimum absolute atomic E-state index is 0.592. The second-order valence-electron chi connectivity index (χ2n) is 6.46. The van der Waals surface area contributed by atoms with Gasteiger partial charge >= 0.3 is 0 Å². The molecule has 0 saturated carbocycles. The maximum absolute atomic E-state index is 3.43. The molecule has 2 heterocycles. The lowest BCUT2D eigenvalue weighted by Gasteiger charge is -2.38. The molecule has 1 saturated heterocycles. The lowest BCUT2D eigenvalue weighted by Crippen LogP contribution is -2.40. The largest absolute Gasteiger partial charge is 0.319 e. The van der Waals surface area contributed by atoms with Gasteiger partial charge in [0.15, 0.2) is 0 Å². The molecule has 0 amide bonds. The molecule has 1 fully saturated rings. The summed E-state index contributed by atoms with van der Waals surface area (Å²) in [6.07, 6.45) is 4.06. The lowest BCUT2D eigenvalue weighted by molar-refractivity contribution is 0.118. The molecule has 0 spiro atoms. The van der Waals surface area contributed by atoms with Crippen molar-refractivity contribution in [2.24, 2.45) is 5.92 Å². The number of nitrogens with one attached hydrogen (secondary N) is 1. The van der Waals surface area contributed by atoms with Crippen molar-refractivity contribution in [3.8, 4) is 0 Å². The Labute approximate surface area is 128 Å². The number of hydrogen-bond donors (Lipinski definition) is 1. The molecule has 114 valence electrons. The molecule has 2 rings (SSSR count). The van der Waals surface area contributed by atoms with Crippen molar-refractivity contribution in [3.05, 3.63) is 21.4 Å². The molecule has 1 aliphatic heterocycles. The third kappa shape index (κ3) is 3.44. The lowest BCUT2D eigenvalue weighted by atomic mass is 9.88. The second kappa shape index (κ2) is 7.06. The van der Waals surface area contributed by atoms with Gasteiger partial charge in [-0.3, -0.25) is 4.90 Å². The zero-order chi connectivity index (χ0) is 14.7. The van der Waals surface area contributed by atoms with E-state index in [1.54, 1.807) is 5.56 Å². The van der Waals surface area contributed by atoms with Gasteiger partial charge in [-0.1, -0.05) is 6.42 Å². The van der Waals surface area contributed by atoms with E-state index in [1.807, 2.05) is 11.3 Å². The normalized spacial score (nSPS) is 25.1. The van der Waals surface area contributed by atoms with Crippen molar-refractivity contribution in [1.82, 2.24) is 10.2 Å². The Bertz CT molecular complexity index is 425. The van der Waals surface area contributed by atoms with Crippen molar-refractivity contribution < 1.29 is 0 Å². The van der Waals surface area contributed by atoms with Crippen LogP contribution in [-0.4, -0.2) is 31.1 Å². The molecule has 2 atom stereocenters. The molecular formula is C17H30N2S. The van der Waals surface area contributed by atoms with Crippen LogP contribution in [-0.2, 0) is 0 Å². The number of nitrogens with zero attached hydrogens (tertiary/aromatic N) is 1. The summed E-state index contributed by atoms with van der Waals surface area (Å²) in [5.41, 5.74) is 1.59. The van der Waals surface area contributed by atoms with Gasteiger partial charge in [-0.2, -0.15) is 0 Å². The van der Waals surface area contributed by atoms with E-state index in [1.165, 1.54) is 35.6 Å². The summed E-state index contributed by atoms with van der Waals surface area (Å²) in [4.78, 5) is 5.71. The Hall–Kier alpha value is -0.380. The fourth-order valence-electron chi connectivity index (χ4n) is 3.70. The van der Waals surface area contributed by atoms with Crippen LogP contribution in [0.25, 0.3) is 0 Å². The molecule has 0 radical (unpaired) electrons. The minimum Gasteiger partial charge on any atom is -0.319 e. The molecule has 1 aromatic rings. The van der Waals surface area contributed by atoms with E-state index in [2.05, 4.69) is 51.0 Å². The first-order valence-electron chi connectivity index (χ1n) is 8.01. The summed E-state index contributed by atoms with van der Waals surface area (Å²) < 4.78 is 0. The number of aryl methyl sites for hydroxylation is 2. The molecule has 3 heteroatoms. The van der Waals surface area contributed by atoms with E-state index in [4.69, 9.17) is 0 Å². The van der Waals surface area contributed by atoms with Crippen LogP contribution in [0.15, 0.2) is 6.07 Å². The zero-order valence-corrected chi connectivity index (χ0v) is 14.5. The van der Waals surface area contributed by atoms with Crippen LogP contribution in [0.1, 0.15) is 54.5 Å². The summed E-state index contributed by atoms with van der Waals surface area (Å²) in [5, 5.41) is 3.43. The molecule has 20 heavy (non-hydrogen) atoms. The predicted octanol–water partition coefficient (Wildman–Crippen LogP) is 4.14. The number of likely N-dealkylation sites (tertiary alicyclic amines) is 1. The van der Waals surface area contributed by atoms with Crippen LogP contribution < -0.4 is 5.32 Å². The van der Waals surface area contributed by atoms with Gasteiger partial charge in [0.1, 0.15) is 0 Å². The molecule has 0 aliphatic carbocycles. The quantitative estimate of drug-likeness (QED) is 0.898. The van der Waals surface area contributed by atoms with Crippen molar-refractivity contribution in [2.45, 2.75) is 59.0 Å². The number of thiophene rings is 1. The van der Waals surface area contributed by atoms with Gasteiger partial charge in [0.05, 0.1) is 0 Å². The minimum atomic E-state index is 0.592. The Balaban J connectivity index is 2.38. The van der Waals surface area contributed by atoms with E-state index in [0.29, 0.717) is 12.1 Å². The molecule has 1 N–H and O–H groups in total. The molecule has 1 aliphatic rings. The first-order chi connectivity index (χ1) is 9.54. The first kappa shape index (κ1) is 16.0. The fourth-order valence-corrected chi connectivity index (χ4v) is 4.67. The van der Waals surface area contributed by atoms with E-state index < -0.39 is 0 Å². The third-order valence-corrected chi connectivity index (χ3v) is 5.55. The highest BCUT2D eigenvalue weighted by Gasteiger charge is 2.33. The van der Waals surface area contributed by atoms with Crippen molar-refractivity contribution in [1.29, 1.82) is 0 Å². The predicted molar refractivity (Wildman–Crippen MR) is 89.6 cm³/mol. The molecular weight excluding hydrogens is 264 g/mol. The smallest absolute Gasteiger partial charge is 0.0402 e. The van der Waals surface area contributed by atoms with Crippen LogP contribution in [0.3, 0.4) is 0 Å². The summed E-state index contributed by atoms with van der Waals surface area (Å²) in [6, 6.07) is 3.65. The van der Waals surface area contributed by atoms with E-state index in [0.717, 1.165) is 12.5 Å². The van der Waals surface area contributed by atoms with Gasteiger partial charge in [-0.15, -0.1) is 11.3 Å². The van der Waals surface area contributed by atoms with Crippen LogP contribution in [0.4, 0.5) is 0 Å². The molecule has 2 unspecified atom stereocenters. The maximum atomic E-state index is 3.43. The monoisotopic (exact) mass is 294 g/mol. The van der Waals surface area contributed by atoms with Crippen molar-refractivity contribution in [2.75, 3.05) is 20.1 Å². The van der Waals surface area contributed by atoms with Gasteiger partial charge in [0.2, 0.25) is 0 Å². The average Bonchev–Trinajstić information content (AvgIpc) is 2.60. The van der Waals surface area contributed by atoms with Crippen LogP contribution >= 0.6 is 11.3 Å². The molecule has 0 bridgehead atoms. The molecule has 0 aromatic carbocycles. The molecule has 1 aromatic heterocycles. The number of rotatable bonds is 4. The van der Waals surface area contributed by atoms with Crippen LogP contribution in [0, 0.1) is 19.8 Å². The Kier molecular flexibility index (Phi) is 5.65. The van der Waals surface area contributed by atoms with E-state index in [-0.39, 0.29) is 0 Å². The first-order valence-corrected chi connectivity index (χ1v) is 8.83. The van der Waals surface area contributed by atoms with Gasteiger partial charge in [-0.05, 0) is 78.2 Å². The Morgan fingerprint density at radius 3 is 2.65 bits per heavy atom. The van der Waals surface area contributed by atoms with E-state index in [9.17, 15) is 0 Å². The topological polar surface area (TPSA) is 15.3 Å². The van der Waals surface area contributed by atoms with Crippen molar-refractivity contribution in [3.63, 3.8) is 0 Å². The summed E-state index contributed by atoms with van der Waals surface area (Å²) in [5.74, 6) is 0.734. The van der Waals surface area contributed by atoms with E-state index >= 15 is 0 Å². The Morgan fingerprint density at radius 1 is 1.35 bits per heavy atom. The van der Waals surface area contributed by atoms with Gasteiger partial charge in [-0.25, -0.2) is 0 Å². The zero-order valence-electron chi connectivity index (χ0n) is 13.7. The van der Waals surface area contributed by atoms with Gasteiger partial charge < -0.3 is 5.32 Å². The van der Waals surface area contributed by atoms with Crippen LogP contribution in [0.2, 0.25) is 0 Å². The molecule has 2 nitrogen and oxygen atoms in total. The summed E-state index contributed by atoms with van der Waals surface area (Å²) in [6.45, 7) is 11.6. The maximum Gasteiger partial charge on any atom is 0.0402 e. The summed E-state index contributed by atoms with van der Waals surface area (Å²) in [7, 11) is 2.09. The fraction of sp³-hybridized carbons (Fsp3) is 0.765. The highest BCUT2D eigenvalue weighted by atomic mass is 32.1. The number of hydrogen-bond acceptors (Lipinski definition) is 3. The summed E-state index contributed by atoms with van der Waals surface area (Å²) >= 11 is 1.96.